The molecule has 0 atom stereocenters. The van der Waals surface area contributed by atoms with Crippen molar-refractivity contribution >= 4 is 11.9 Å². The molecule has 5 nitrogen and oxygen atoms in total. The van der Waals surface area contributed by atoms with Crippen LogP contribution in [0.1, 0.15) is 38.2 Å². The maximum atomic E-state index is 11.9. The Labute approximate surface area is 124 Å². The summed E-state index contributed by atoms with van der Waals surface area (Å²) in [6, 6.07) is 7.50. The molecule has 1 aliphatic carbocycles. The van der Waals surface area contributed by atoms with Gasteiger partial charge in [-0.2, -0.15) is 0 Å². The third kappa shape index (κ3) is 3.74. The van der Waals surface area contributed by atoms with Gasteiger partial charge >= 0.3 is 5.97 Å². The van der Waals surface area contributed by atoms with Crippen LogP contribution in [0, 0.1) is 5.41 Å². The van der Waals surface area contributed by atoms with E-state index in [0.29, 0.717) is 26.0 Å². The summed E-state index contributed by atoms with van der Waals surface area (Å²) >= 11 is 0. The summed E-state index contributed by atoms with van der Waals surface area (Å²) in [6.07, 6.45) is 2.93. The molecule has 0 saturated heterocycles. The molecule has 0 spiro atoms. The number of aliphatic carboxylic acids is 1. The highest BCUT2D eigenvalue weighted by Crippen LogP contribution is 2.46. The van der Waals surface area contributed by atoms with Crippen LogP contribution < -0.4 is 10.1 Å². The van der Waals surface area contributed by atoms with Crippen molar-refractivity contribution in [2.24, 2.45) is 5.41 Å². The predicted octanol–water partition coefficient (Wildman–Crippen LogP) is 2.35. The highest BCUT2D eigenvalue weighted by atomic mass is 16.5. The van der Waals surface area contributed by atoms with Crippen molar-refractivity contribution in [3.8, 4) is 5.75 Å². The van der Waals surface area contributed by atoms with Gasteiger partial charge in [-0.25, -0.2) is 0 Å². The molecule has 0 unspecified atom stereocenters. The van der Waals surface area contributed by atoms with Crippen molar-refractivity contribution in [1.29, 1.82) is 0 Å². The first kappa shape index (κ1) is 15.4. The first-order valence-corrected chi connectivity index (χ1v) is 7.32. The Kier molecular flexibility index (Phi) is 4.83. The van der Waals surface area contributed by atoms with Gasteiger partial charge in [-0.15, -0.1) is 0 Å². The summed E-state index contributed by atoms with van der Waals surface area (Å²) in [6.45, 7) is 3.10. The number of benzene rings is 1. The molecule has 0 radical (unpaired) electrons. The fourth-order valence-corrected chi connectivity index (χ4v) is 2.09. The van der Waals surface area contributed by atoms with Crippen molar-refractivity contribution in [3.05, 3.63) is 29.8 Å². The first-order chi connectivity index (χ1) is 10.1. The zero-order valence-corrected chi connectivity index (χ0v) is 12.2. The molecule has 2 N–H and O–H groups in total. The number of unbranched alkanes of at least 4 members (excludes halogenated alkanes) is 1. The predicted molar refractivity (Wildman–Crippen MR) is 78.0 cm³/mol. The minimum atomic E-state index is -1.19. The summed E-state index contributed by atoms with van der Waals surface area (Å²) in [4.78, 5) is 23.0. The Morgan fingerprint density at radius 1 is 1.38 bits per heavy atom. The van der Waals surface area contributed by atoms with Gasteiger partial charge in [0.25, 0.3) is 0 Å². The number of hydrogen-bond acceptors (Lipinski definition) is 3. The third-order valence-corrected chi connectivity index (χ3v) is 3.71. The molecule has 1 fully saturated rings. The van der Waals surface area contributed by atoms with Crippen LogP contribution in [0.5, 0.6) is 5.75 Å². The van der Waals surface area contributed by atoms with Crippen LogP contribution in [0.2, 0.25) is 0 Å². The minimum absolute atomic E-state index is 0.318. The molecule has 0 aliphatic heterocycles. The van der Waals surface area contributed by atoms with E-state index in [0.717, 1.165) is 24.2 Å². The Balaban J connectivity index is 1.87. The highest BCUT2D eigenvalue weighted by molar-refractivity contribution is 6.04. The highest BCUT2D eigenvalue weighted by Gasteiger charge is 2.56. The Bertz CT molecular complexity index is 523. The van der Waals surface area contributed by atoms with Crippen molar-refractivity contribution in [2.45, 2.75) is 39.2 Å². The fraction of sp³-hybridized carbons (Fsp3) is 0.500. The zero-order chi connectivity index (χ0) is 15.3. The Morgan fingerprint density at radius 2 is 2.14 bits per heavy atom. The number of carboxylic acids is 1. The van der Waals surface area contributed by atoms with E-state index in [2.05, 4.69) is 12.2 Å². The second-order valence-electron chi connectivity index (χ2n) is 5.42. The second-order valence-corrected chi connectivity index (χ2v) is 5.42. The Hall–Kier alpha value is -2.04. The van der Waals surface area contributed by atoms with Crippen LogP contribution in [0.15, 0.2) is 24.3 Å². The molecule has 1 amide bonds. The zero-order valence-electron chi connectivity index (χ0n) is 12.2. The molecule has 114 valence electrons. The van der Waals surface area contributed by atoms with Gasteiger partial charge in [-0.1, -0.05) is 25.5 Å². The van der Waals surface area contributed by atoms with E-state index in [1.54, 1.807) is 0 Å². The van der Waals surface area contributed by atoms with Gasteiger partial charge in [0.05, 0.1) is 6.61 Å². The lowest BCUT2D eigenvalue weighted by Crippen LogP contribution is -2.36. The normalized spacial score (nSPS) is 15.3. The standard InChI is InChI=1S/C16H21NO4/c1-2-3-9-21-13-6-4-5-12(10-13)11-17-14(18)16(7-8-16)15(19)20/h4-6,10H,2-3,7-9,11H2,1H3,(H,17,18)(H,19,20). The summed E-state index contributed by atoms with van der Waals surface area (Å²) < 4.78 is 5.60. The molecule has 1 aliphatic rings. The van der Waals surface area contributed by atoms with E-state index in [1.165, 1.54) is 0 Å². The van der Waals surface area contributed by atoms with Crippen LogP contribution in [0.3, 0.4) is 0 Å². The van der Waals surface area contributed by atoms with Crippen LogP contribution in [-0.2, 0) is 16.1 Å². The van der Waals surface area contributed by atoms with Gasteiger partial charge < -0.3 is 15.2 Å². The van der Waals surface area contributed by atoms with Gasteiger partial charge in [0, 0.05) is 6.54 Å². The number of carboxylic acid groups (broad SMARTS) is 1. The first-order valence-electron chi connectivity index (χ1n) is 7.32. The molecule has 0 bridgehead atoms. The number of nitrogens with one attached hydrogen (secondary N) is 1. The van der Waals surface area contributed by atoms with Gasteiger partial charge in [-0.3, -0.25) is 9.59 Å². The van der Waals surface area contributed by atoms with Gasteiger partial charge in [0.2, 0.25) is 5.91 Å². The van der Waals surface area contributed by atoms with Gasteiger partial charge in [0.15, 0.2) is 0 Å². The molecule has 0 heterocycles. The van der Waals surface area contributed by atoms with E-state index in [4.69, 9.17) is 9.84 Å². The van der Waals surface area contributed by atoms with Crippen LogP contribution >= 0.6 is 0 Å². The lowest BCUT2D eigenvalue weighted by molar-refractivity contribution is -0.149. The molecule has 2 rings (SSSR count). The Morgan fingerprint density at radius 3 is 2.76 bits per heavy atom. The number of rotatable bonds is 8. The van der Waals surface area contributed by atoms with Crippen LogP contribution in [0.25, 0.3) is 0 Å². The number of ether oxygens (including phenoxy) is 1. The molecular formula is C16H21NO4. The summed E-state index contributed by atoms with van der Waals surface area (Å²) in [7, 11) is 0. The fourth-order valence-electron chi connectivity index (χ4n) is 2.09. The number of carbonyl (C=O) groups is 2. The van der Waals surface area contributed by atoms with E-state index < -0.39 is 17.3 Å². The van der Waals surface area contributed by atoms with Gasteiger partial charge in [-0.05, 0) is 37.0 Å². The summed E-state index contributed by atoms with van der Waals surface area (Å²) in [5.41, 5.74) is -0.284. The lowest BCUT2D eigenvalue weighted by Gasteiger charge is -2.12. The summed E-state index contributed by atoms with van der Waals surface area (Å²) in [5, 5.41) is 11.8. The molecule has 5 heteroatoms. The van der Waals surface area contributed by atoms with Gasteiger partial charge in [0.1, 0.15) is 11.2 Å². The number of carbonyl (C=O) groups excluding carboxylic acids is 1. The lowest BCUT2D eigenvalue weighted by atomic mass is 10.1. The van der Waals surface area contributed by atoms with E-state index in [-0.39, 0.29) is 0 Å². The van der Waals surface area contributed by atoms with Crippen molar-refractivity contribution in [3.63, 3.8) is 0 Å². The van der Waals surface area contributed by atoms with Crippen LogP contribution in [0.4, 0.5) is 0 Å². The molecular weight excluding hydrogens is 270 g/mol. The third-order valence-electron chi connectivity index (χ3n) is 3.71. The smallest absolute Gasteiger partial charge is 0.319 e. The maximum absolute atomic E-state index is 11.9. The minimum Gasteiger partial charge on any atom is -0.494 e. The van der Waals surface area contributed by atoms with E-state index in [1.807, 2.05) is 24.3 Å². The molecule has 1 saturated carbocycles. The largest absolute Gasteiger partial charge is 0.494 e. The average molecular weight is 291 g/mol. The van der Waals surface area contributed by atoms with E-state index >= 15 is 0 Å². The van der Waals surface area contributed by atoms with Crippen molar-refractivity contribution < 1.29 is 19.4 Å². The molecule has 0 aromatic heterocycles. The molecule has 1 aromatic rings. The second kappa shape index (κ2) is 6.61. The van der Waals surface area contributed by atoms with Crippen molar-refractivity contribution in [2.75, 3.05) is 6.61 Å². The monoisotopic (exact) mass is 291 g/mol. The topological polar surface area (TPSA) is 75.6 Å². The van der Waals surface area contributed by atoms with Crippen LogP contribution in [-0.4, -0.2) is 23.6 Å². The molecule has 21 heavy (non-hydrogen) atoms. The quantitative estimate of drug-likeness (QED) is 0.569. The van der Waals surface area contributed by atoms with E-state index in [9.17, 15) is 9.59 Å². The number of amides is 1. The van der Waals surface area contributed by atoms with Crippen molar-refractivity contribution in [1.82, 2.24) is 5.32 Å². The SMILES string of the molecule is CCCCOc1cccc(CNC(=O)C2(C(=O)O)CC2)c1. The molecule has 1 aromatic carbocycles. The average Bonchev–Trinajstić information content (AvgIpc) is 3.27. The summed E-state index contributed by atoms with van der Waals surface area (Å²) in [5.74, 6) is -0.654. The maximum Gasteiger partial charge on any atom is 0.319 e. The number of hydrogen-bond donors (Lipinski definition) is 2.